The number of aromatic nitrogens is 2. The number of hydrogen-bond donors (Lipinski definition) is 2. The molecule has 1 aromatic heterocycles. The third-order valence-electron chi connectivity index (χ3n) is 5.46. The van der Waals surface area contributed by atoms with Gasteiger partial charge in [0.1, 0.15) is 17.7 Å². The molecule has 1 unspecified atom stereocenters. The topological polar surface area (TPSA) is 96.3 Å². The van der Waals surface area contributed by atoms with Gasteiger partial charge in [-0.3, -0.25) is 4.79 Å². The second-order valence-electron chi connectivity index (χ2n) is 7.77. The number of carbonyl (C=O) groups excluding carboxylic acids is 1. The van der Waals surface area contributed by atoms with Crippen molar-refractivity contribution >= 4 is 11.6 Å². The molecular weight excluding hydrogens is 461 g/mol. The van der Waals surface area contributed by atoms with Gasteiger partial charge >= 0.3 is 6.18 Å². The van der Waals surface area contributed by atoms with E-state index in [-0.39, 0.29) is 28.2 Å². The van der Waals surface area contributed by atoms with E-state index in [1.54, 1.807) is 6.92 Å². The molecule has 1 aromatic carbocycles. The zero-order chi connectivity index (χ0) is 25.1. The Morgan fingerprint density at radius 1 is 1.29 bits per heavy atom. The van der Waals surface area contributed by atoms with Gasteiger partial charge in [-0.05, 0) is 49.7 Å². The Bertz CT molecular complexity index is 1140. The van der Waals surface area contributed by atoms with Gasteiger partial charge in [0.25, 0.3) is 12.3 Å². The van der Waals surface area contributed by atoms with Crippen LogP contribution in [0.3, 0.4) is 0 Å². The van der Waals surface area contributed by atoms with Crippen LogP contribution >= 0.6 is 0 Å². The number of nitrogens with one attached hydrogen (secondary N) is 2. The Kier molecular flexibility index (Phi) is 7.20. The molecule has 1 aliphatic rings. The number of nitrogens with zero attached hydrogens (tertiary/aromatic N) is 3. The van der Waals surface area contributed by atoms with E-state index in [1.165, 1.54) is 0 Å². The molecular formula is C22H20F5N5O2. The second kappa shape index (κ2) is 9.75. The Hall–Kier alpha value is -3.54. The lowest BCUT2D eigenvalue weighted by molar-refractivity contribution is -0.141. The van der Waals surface area contributed by atoms with Crippen molar-refractivity contribution in [2.45, 2.75) is 37.9 Å². The van der Waals surface area contributed by atoms with Crippen molar-refractivity contribution in [3.8, 4) is 11.3 Å². The third-order valence-corrected chi connectivity index (χ3v) is 5.46. The van der Waals surface area contributed by atoms with Gasteiger partial charge in [0.2, 0.25) is 0 Å². The van der Waals surface area contributed by atoms with Crippen LogP contribution in [0.5, 0.6) is 0 Å². The number of amides is 1. The highest BCUT2D eigenvalue weighted by molar-refractivity contribution is 6.08. The van der Waals surface area contributed by atoms with Crippen molar-refractivity contribution in [2.75, 3.05) is 11.9 Å². The van der Waals surface area contributed by atoms with Crippen LogP contribution < -0.4 is 10.6 Å². The van der Waals surface area contributed by atoms with E-state index in [0.29, 0.717) is 25.4 Å². The SMILES string of the molecule is C=C/C(C(=O)Nc1ccc(C(F)F)cc1-c1cc(C(F)(F)F)ncn1)=C(/N=O)C1(C)CCCN1. The van der Waals surface area contributed by atoms with Crippen LogP contribution in [0, 0.1) is 4.91 Å². The predicted molar refractivity (Wildman–Crippen MR) is 115 cm³/mol. The molecule has 0 aliphatic carbocycles. The molecule has 0 bridgehead atoms. The minimum atomic E-state index is -4.80. The Balaban J connectivity index is 2.08. The molecule has 2 aromatic rings. The molecule has 2 N–H and O–H groups in total. The highest BCUT2D eigenvalue weighted by Gasteiger charge is 2.37. The quantitative estimate of drug-likeness (QED) is 0.239. The fraction of sp³-hybridized carbons (Fsp3) is 0.318. The molecule has 34 heavy (non-hydrogen) atoms. The zero-order valence-electron chi connectivity index (χ0n) is 17.9. The standard InChI is InChI=1S/C22H20F5N5O2/c1-3-13(18(32-34)21(2)7-4-8-30-21)20(33)31-15-6-5-12(19(23)24)9-14(15)16-10-17(22(25,26)27)29-11-28-16/h3,5-6,9-11,19,30H,1,4,7-8H2,2H3,(H,31,33)/b18-13-. The minimum absolute atomic E-state index is 0.0929. The first-order valence-electron chi connectivity index (χ1n) is 10.1. The van der Waals surface area contributed by atoms with E-state index in [9.17, 15) is 31.7 Å². The molecule has 0 radical (unpaired) electrons. The fourth-order valence-corrected chi connectivity index (χ4v) is 3.71. The lowest BCUT2D eigenvalue weighted by Crippen LogP contribution is -2.39. The summed E-state index contributed by atoms with van der Waals surface area (Å²) in [5.74, 6) is -0.837. The summed E-state index contributed by atoms with van der Waals surface area (Å²) in [7, 11) is 0. The van der Waals surface area contributed by atoms with E-state index in [0.717, 1.165) is 30.7 Å². The van der Waals surface area contributed by atoms with Gasteiger partial charge in [0.05, 0.1) is 22.5 Å². The normalized spacial score (nSPS) is 19.0. The van der Waals surface area contributed by atoms with Crippen molar-refractivity contribution in [1.82, 2.24) is 15.3 Å². The van der Waals surface area contributed by atoms with Crippen molar-refractivity contribution in [3.05, 3.63) is 70.7 Å². The van der Waals surface area contributed by atoms with Gasteiger partial charge in [-0.2, -0.15) is 13.2 Å². The maximum atomic E-state index is 13.3. The summed E-state index contributed by atoms with van der Waals surface area (Å²) < 4.78 is 66.0. The van der Waals surface area contributed by atoms with E-state index < -0.39 is 35.3 Å². The smallest absolute Gasteiger partial charge is 0.321 e. The van der Waals surface area contributed by atoms with Crippen molar-refractivity contribution in [1.29, 1.82) is 0 Å². The highest BCUT2D eigenvalue weighted by Crippen LogP contribution is 2.36. The summed E-state index contributed by atoms with van der Waals surface area (Å²) in [4.78, 5) is 31.6. The molecule has 1 saturated heterocycles. The average molecular weight is 481 g/mol. The van der Waals surface area contributed by atoms with Crippen LogP contribution in [0.1, 0.15) is 37.4 Å². The summed E-state index contributed by atoms with van der Waals surface area (Å²) >= 11 is 0. The Morgan fingerprint density at radius 2 is 2.03 bits per heavy atom. The average Bonchev–Trinajstić information content (AvgIpc) is 3.24. The number of hydrogen-bond acceptors (Lipinski definition) is 6. The van der Waals surface area contributed by atoms with Crippen molar-refractivity contribution in [2.24, 2.45) is 5.18 Å². The van der Waals surface area contributed by atoms with Gasteiger partial charge in [-0.25, -0.2) is 18.7 Å². The van der Waals surface area contributed by atoms with Gasteiger partial charge in [0, 0.05) is 11.1 Å². The van der Waals surface area contributed by atoms with Crippen molar-refractivity contribution in [3.63, 3.8) is 0 Å². The van der Waals surface area contributed by atoms with Crippen LogP contribution in [0.25, 0.3) is 11.3 Å². The Labute approximate surface area is 191 Å². The molecule has 2 heterocycles. The summed E-state index contributed by atoms with van der Waals surface area (Å²) in [6.07, 6.45) is -4.65. The zero-order valence-corrected chi connectivity index (χ0v) is 17.9. The van der Waals surface area contributed by atoms with Gasteiger partial charge in [0.15, 0.2) is 0 Å². The molecule has 1 atom stereocenters. The van der Waals surface area contributed by atoms with E-state index >= 15 is 0 Å². The summed E-state index contributed by atoms with van der Waals surface area (Å²) in [6, 6.07) is 3.66. The second-order valence-corrected chi connectivity index (χ2v) is 7.77. The molecule has 1 amide bonds. The number of halogens is 5. The van der Waals surface area contributed by atoms with Gasteiger partial charge in [-0.15, -0.1) is 4.91 Å². The third kappa shape index (κ3) is 5.16. The Morgan fingerprint density at radius 3 is 2.59 bits per heavy atom. The van der Waals surface area contributed by atoms with Crippen molar-refractivity contribution < 1.29 is 26.7 Å². The molecule has 1 fully saturated rings. The summed E-state index contributed by atoms with van der Waals surface area (Å²) in [6.45, 7) is 5.87. The minimum Gasteiger partial charge on any atom is -0.321 e. The highest BCUT2D eigenvalue weighted by atomic mass is 19.4. The van der Waals surface area contributed by atoms with Gasteiger partial charge in [-0.1, -0.05) is 18.7 Å². The van der Waals surface area contributed by atoms with Crippen LogP contribution in [-0.4, -0.2) is 28.0 Å². The van der Waals surface area contributed by atoms with Crippen LogP contribution in [0.2, 0.25) is 0 Å². The molecule has 3 rings (SSSR count). The van der Waals surface area contributed by atoms with Gasteiger partial charge < -0.3 is 10.6 Å². The van der Waals surface area contributed by atoms with E-state index in [4.69, 9.17) is 0 Å². The summed E-state index contributed by atoms with van der Waals surface area (Å²) in [5, 5.41) is 8.59. The molecule has 12 heteroatoms. The molecule has 0 spiro atoms. The van der Waals surface area contributed by atoms with Crippen LogP contribution in [0.15, 0.2) is 59.7 Å². The maximum absolute atomic E-state index is 13.3. The molecule has 1 aliphatic heterocycles. The van der Waals surface area contributed by atoms with E-state index in [1.807, 2.05) is 0 Å². The number of benzene rings is 1. The summed E-state index contributed by atoms with van der Waals surface area (Å²) in [5.41, 5.74) is -3.52. The maximum Gasteiger partial charge on any atom is 0.433 e. The molecule has 7 nitrogen and oxygen atoms in total. The first kappa shape index (κ1) is 25.1. The number of rotatable bonds is 7. The number of anilines is 1. The lowest BCUT2D eigenvalue weighted by atomic mass is 9.92. The fourth-order valence-electron chi connectivity index (χ4n) is 3.71. The largest absolute Gasteiger partial charge is 0.433 e. The number of carbonyl (C=O) groups is 1. The van der Waals surface area contributed by atoms with E-state index in [2.05, 4.69) is 32.4 Å². The molecule has 180 valence electrons. The predicted octanol–water partition coefficient (Wildman–Crippen LogP) is 5.39. The molecule has 0 saturated carbocycles. The first-order valence-corrected chi connectivity index (χ1v) is 10.1. The first-order chi connectivity index (χ1) is 16.0. The van der Waals surface area contributed by atoms with Crippen LogP contribution in [0.4, 0.5) is 27.6 Å². The number of nitroso groups, excluding NO2 is 1. The lowest BCUT2D eigenvalue weighted by Gasteiger charge is -2.25. The number of alkyl halides is 5. The van der Waals surface area contributed by atoms with Crippen LogP contribution in [-0.2, 0) is 11.0 Å². The monoisotopic (exact) mass is 481 g/mol.